The molecule has 0 spiro atoms. The summed E-state index contributed by atoms with van der Waals surface area (Å²) in [7, 11) is -0.250. The molecular formula is C13H20BNO2S. The van der Waals surface area contributed by atoms with Gasteiger partial charge in [0.1, 0.15) is 0 Å². The molecular weight excluding hydrogens is 245 g/mol. The maximum absolute atomic E-state index is 6.09. The molecule has 1 saturated heterocycles. The molecule has 2 fully saturated rings. The van der Waals surface area contributed by atoms with Gasteiger partial charge in [0.2, 0.25) is 0 Å². The summed E-state index contributed by atoms with van der Waals surface area (Å²) < 4.78 is 13.3. The summed E-state index contributed by atoms with van der Waals surface area (Å²) in [5.74, 6) is 0.699. The minimum absolute atomic E-state index is 0.250. The van der Waals surface area contributed by atoms with Crippen molar-refractivity contribution in [1.29, 1.82) is 0 Å². The number of thiazole rings is 1. The summed E-state index contributed by atoms with van der Waals surface area (Å²) in [4.78, 5) is 4.67. The zero-order valence-electron chi connectivity index (χ0n) is 11.7. The molecule has 0 bridgehead atoms. The van der Waals surface area contributed by atoms with Crippen LogP contribution in [0.5, 0.6) is 0 Å². The molecule has 0 aromatic carbocycles. The van der Waals surface area contributed by atoms with E-state index in [1.807, 2.05) is 0 Å². The first-order valence-corrected chi connectivity index (χ1v) is 7.45. The predicted molar refractivity (Wildman–Crippen MR) is 74.5 cm³/mol. The Morgan fingerprint density at radius 2 is 1.72 bits per heavy atom. The Hall–Kier alpha value is -0.385. The second-order valence-electron chi connectivity index (χ2n) is 6.36. The molecule has 1 aliphatic heterocycles. The summed E-state index contributed by atoms with van der Waals surface area (Å²) in [6.07, 6.45) is 2.57. The van der Waals surface area contributed by atoms with Crippen LogP contribution in [-0.2, 0) is 9.31 Å². The monoisotopic (exact) mass is 265 g/mol. The van der Waals surface area contributed by atoms with Crippen LogP contribution >= 0.6 is 11.3 Å². The molecule has 1 aliphatic carbocycles. The molecule has 0 radical (unpaired) electrons. The minimum Gasteiger partial charge on any atom is -0.399 e. The molecule has 18 heavy (non-hydrogen) atoms. The van der Waals surface area contributed by atoms with E-state index in [2.05, 4.69) is 39.6 Å². The number of nitrogens with zero attached hydrogens (tertiary/aromatic N) is 1. The van der Waals surface area contributed by atoms with Gasteiger partial charge in [0.05, 0.1) is 21.0 Å². The van der Waals surface area contributed by atoms with Gasteiger partial charge in [-0.2, -0.15) is 0 Å². The second-order valence-corrected chi connectivity index (χ2v) is 7.43. The number of aryl methyl sites for hydroxylation is 1. The fraction of sp³-hybridized carbons (Fsp3) is 0.769. The first kappa shape index (κ1) is 12.6. The van der Waals surface area contributed by atoms with Crippen molar-refractivity contribution < 1.29 is 9.31 Å². The average Bonchev–Trinajstić information content (AvgIpc) is 2.96. The summed E-state index contributed by atoms with van der Waals surface area (Å²) in [6, 6.07) is 0. The van der Waals surface area contributed by atoms with E-state index in [0.29, 0.717) is 5.92 Å². The third kappa shape index (κ3) is 1.93. The van der Waals surface area contributed by atoms with Crippen LogP contribution in [0, 0.1) is 6.92 Å². The van der Waals surface area contributed by atoms with Crippen LogP contribution in [0.25, 0.3) is 0 Å². The molecule has 0 unspecified atom stereocenters. The van der Waals surface area contributed by atoms with Crippen molar-refractivity contribution in [2.45, 2.75) is 64.6 Å². The van der Waals surface area contributed by atoms with E-state index in [1.165, 1.54) is 17.8 Å². The molecule has 2 aliphatic rings. The molecule has 98 valence electrons. The van der Waals surface area contributed by atoms with Crippen molar-refractivity contribution in [3.63, 3.8) is 0 Å². The first-order chi connectivity index (χ1) is 8.30. The Morgan fingerprint density at radius 1 is 1.17 bits per heavy atom. The maximum Gasteiger partial charge on any atom is 0.507 e. The zero-order chi connectivity index (χ0) is 13.1. The molecule has 5 heteroatoms. The van der Waals surface area contributed by atoms with Gasteiger partial charge in [-0.25, -0.2) is 4.98 Å². The molecule has 0 atom stereocenters. The molecule has 2 heterocycles. The highest BCUT2D eigenvalue weighted by atomic mass is 32.1. The zero-order valence-corrected chi connectivity index (χ0v) is 12.6. The van der Waals surface area contributed by atoms with Gasteiger partial charge in [-0.1, -0.05) is 0 Å². The molecule has 3 nitrogen and oxygen atoms in total. The minimum atomic E-state index is -0.270. The number of hydrogen-bond acceptors (Lipinski definition) is 4. The number of aromatic nitrogens is 1. The summed E-state index contributed by atoms with van der Waals surface area (Å²) in [5.41, 5.74) is 0.530. The molecule has 1 aromatic heterocycles. The average molecular weight is 265 g/mol. The third-order valence-electron chi connectivity index (χ3n) is 4.24. The Balaban J connectivity index is 1.88. The van der Waals surface area contributed by atoms with Gasteiger partial charge in [-0.05, 0) is 47.5 Å². The van der Waals surface area contributed by atoms with E-state index in [9.17, 15) is 0 Å². The fourth-order valence-electron chi connectivity index (χ4n) is 2.10. The molecule has 0 N–H and O–H groups in total. The van der Waals surface area contributed by atoms with Crippen LogP contribution in [0.1, 0.15) is 57.2 Å². The van der Waals surface area contributed by atoms with Gasteiger partial charge >= 0.3 is 7.12 Å². The fourth-order valence-corrected chi connectivity index (χ4v) is 3.30. The molecule has 1 aromatic rings. The van der Waals surface area contributed by atoms with Crippen molar-refractivity contribution in [2.75, 3.05) is 0 Å². The normalized spacial score (nSPS) is 25.7. The van der Waals surface area contributed by atoms with E-state index < -0.39 is 0 Å². The van der Waals surface area contributed by atoms with Gasteiger partial charge in [-0.15, -0.1) is 11.3 Å². The summed E-state index contributed by atoms with van der Waals surface area (Å²) >= 11 is 1.77. The van der Waals surface area contributed by atoms with Crippen molar-refractivity contribution in [3.8, 4) is 0 Å². The second kappa shape index (κ2) is 3.81. The van der Waals surface area contributed by atoms with Crippen LogP contribution in [0.4, 0.5) is 0 Å². The van der Waals surface area contributed by atoms with Crippen LogP contribution < -0.4 is 4.78 Å². The Bertz CT molecular complexity index is 463. The highest BCUT2D eigenvalue weighted by molar-refractivity contribution is 7.22. The predicted octanol–water partition coefficient (Wildman–Crippen LogP) is 2.63. The Kier molecular flexibility index (Phi) is 2.67. The van der Waals surface area contributed by atoms with E-state index in [4.69, 9.17) is 9.31 Å². The van der Waals surface area contributed by atoms with E-state index in [0.717, 1.165) is 10.5 Å². The highest BCUT2D eigenvalue weighted by Crippen LogP contribution is 2.42. The van der Waals surface area contributed by atoms with Crippen LogP contribution in [0.2, 0.25) is 0 Å². The Labute approximate surface area is 113 Å². The molecule has 0 amide bonds. The van der Waals surface area contributed by atoms with Crippen LogP contribution in [0.15, 0.2) is 0 Å². The van der Waals surface area contributed by atoms with Crippen molar-refractivity contribution >= 4 is 23.2 Å². The van der Waals surface area contributed by atoms with Gasteiger partial charge in [0.25, 0.3) is 0 Å². The smallest absolute Gasteiger partial charge is 0.399 e. The van der Waals surface area contributed by atoms with Gasteiger partial charge < -0.3 is 9.31 Å². The van der Waals surface area contributed by atoms with E-state index in [1.54, 1.807) is 11.3 Å². The topological polar surface area (TPSA) is 31.4 Å². The largest absolute Gasteiger partial charge is 0.507 e. The lowest BCUT2D eigenvalue weighted by Crippen LogP contribution is -2.41. The quantitative estimate of drug-likeness (QED) is 0.770. The van der Waals surface area contributed by atoms with Crippen molar-refractivity contribution in [2.24, 2.45) is 0 Å². The van der Waals surface area contributed by atoms with Gasteiger partial charge in [0.15, 0.2) is 0 Å². The third-order valence-corrected chi connectivity index (χ3v) is 5.58. The maximum atomic E-state index is 6.09. The molecule has 3 rings (SSSR count). The van der Waals surface area contributed by atoms with Crippen molar-refractivity contribution in [1.82, 2.24) is 4.98 Å². The summed E-state index contributed by atoms with van der Waals surface area (Å²) in [6.45, 7) is 10.4. The Morgan fingerprint density at radius 3 is 2.22 bits per heavy atom. The lowest BCUT2D eigenvalue weighted by Gasteiger charge is -2.32. The lowest BCUT2D eigenvalue weighted by molar-refractivity contribution is 0.00578. The van der Waals surface area contributed by atoms with Crippen LogP contribution in [-0.4, -0.2) is 23.3 Å². The first-order valence-electron chi connectivity index (χ1n) is 6.63. The van der Waals surface area contributed by atoms with Crippen molar-refractivity contribution in [3.05, 3.63) is 10.7 Å². The van der Waals surface area contributed by atoms with Crippen LogP contribution in [0.3, 0.4) is 0 Å². The van der Waals surface area contributed by atoms with E-state index >= 15 is 0 Å². The summed E-state index contributed by atoms with van der Waals surface area (Å²) in [5, 5.41) is 1.26. The standard InChI is InChI=1S/C13H20BNO2S/c1-8-10(18-11(15-8)9-6-7-9)14-16-12(2,3)13(4,5)17-14/h9H,6-7H2,1-5H3. The number of hydrogen-bond donors (Lipinski definition) is 0. The highest BCUT2D eigenvalue weighted by Gasteiger charge is 2.53. The SMILES string of the molecule is Cc1nc(C2CC2)sc1B1OC(C)(C)C(C)(C)O1. The number of rotatable bonds is 2. The van der Waals surface area contributed by atoms with Gasteiger partial charge in [0, 0.05) is 11.6 Å². The lowest BCUT2D eigenvalue weighted by atomic mass is 9.86. The van der Waals surface area contributed by atoms with Gasteiger partial charge in [-0.3, -0.25) is 0 Å². The molecule has 1 saturated carbocycles. The van der Waals surface area contributed by atoms with E-state index in [-0.39, 0.29) is 18.3 Å².